The summed E-state index contributed by atoms with van der Waals surface area (Å²) in [6.45, 7) is 0. The predicted octanol–water partition coefficient (Wildman–Crippen LogP) is -0.608. The highest BCUT2D eigenvalue weighted by Gasteiger charge is 1.95. The summed E-state index contributed by atoms with van der Waals surface area (Å²) >= 11 is 8.32. The van der Waals surface area contributed by atoms with E-state index in [9.17, 15) is 0 Å². The van der Waals surface area contributed by atoms with E-state index in [1.165, 1.54) is 0 Å². The van der Waals surface area contributed by atoms with Crippen LogP contribution < -0.4 is 11.5 Å². The predicted molar refractivity (Wildman–Crippen MR) is 58.5 cm³/mol. The van der Waals surface area contributed by atoms with Crippen LogP contribution in [0.1, 0.15) is 0 Å². The average molecular weight is 205 g/mol. The first-order chi connectivity index (χ1) is 5.43. The minimum Gasteiger partial charge on any atom is -0.369 e. The maximum atomic E-state index is 5.44. The molecule has 0 amide bonds. The molecule has 0 atom stereocenters. The van der Waals surface area contributed by atoms with Crippen molar-refractivity contribution in [3.63, 3.8) is 0 Å². The Hall–Kier alpha value is -0.820. The van der Waals surface area contributed by atoms with Gasteiger partial charge < -0.3 is 16.4 Å². The molecule has 0 aromatic heterocycles. The summed E-state index contributed by atoms with van der Waals surface area (Å²) in [5.74, 6) is 0.266. The molecule has 0 unspecified atom stereocenters. The van der Waals surface area contributed by atoms with Crippen LogP contribution in [0.4, 0.5) is 0 Å². The molecule has 7 heteroatoms. The van der Waals surface area contributed by atoms with Crippen molar-refractivity contribution in [2.45, 2.75) is 0 Å². The fourth-order valence-electron chi connectivity index (χ4n) is 0.340. The number of hydrogen-bond donors (Lipinski definition) is 3. The number of nitrogens with two attached hydrogens (primary N) is 2. The van der Waals surface area contributed by atoms with Crippen LogP contribution in [0.3, 0.4) is 0 Å². The molecule has 0 spiro atoms. The lowest BCUT2D eigenvalue weighted by Crippen LogP contribution is -2.32. The maximum Gasteiger partial charge on any atom is 0.225 e. The number of thiocarbonyl (C=S) groups is 1. The smallest absolute Gasteiger partial charge is 0.225 e. The molecule has 0 aliphatic heterocycles. The fraction of sp³-hybridized carbons (Fsp3) is 0.400. The molecule has 0 aromatic rings. The lowest BCUT2D eigenvalue weighted by molar-refractivity contribution is 0.615. The van der Waals surface area contributed by atoms with Crippen LogP contribution >= 0.6 is 24.8 Å². The van der Waals surface area contributed by atoms with Gasteiger partial charge in [-0.3, -0.25) is 0 Å². The van der Waals surface area contributed by atoms with Gasteiger partial charge in [-0.25, -0.2) is 0 Å². The van der Waals surface area contributed by atoms with Crippen molar-refractivity contribution in [1.29, 1.82) is 0 Å². The second-order valence-electron chi connectivity index (χ2n) is 2.12. The molecule has 0 bridgehead atoms. The van der Waals surface area contributed by atoms with E-state index in [2.05, 4.69) is 34.8 Å². The van der Waals surface area contributed by atoms with Gasteiger partial charge in [0, 0.05) is 14.1 Å². The molecule has 0 rings (SSSR count). The molecule has 5 nitrogen and oxygen atoms in total. The van der Waals surface area contributed by atoms with Gasteiger partial charge in [-0.05, 0) is 0 Å². The third-order valence-corrected chi connectivity index (χ3v) is 1.09. The Balaban J connectivity index is 4.43. The number of nitrogens with zero attached hydrogens (tertiary/aromatic N) is 3. The highest BCUT2D eigenvalue weighted by molar-refractivity contribution is 8.11. The molecule has 0 aromatic carbocycles. The third-order valence-electron chi connectivity index (χ3n) is 0.897. The van der Waals surface area contributed by atoms with E-state index in [-0.39, 0.29) is 16.2 Å². The third kappa shape index (κ3) is 4.91. The molecule has 12 heavy (non-hydrogen) atoms. The Bertz CT molecular complexity index is 232. The van der Waals surface area contributed by atoms with Crippen LogP contribution in [0.15, 0.2) is 9.98 Å². The van der Waals surface area contributed by atoms with Crippen molar-refractivity contribution in [3.8, 4) is 0 Å². The maximum absolute atomic E-state index is 5.44. The molecule has 0 aliphatic carbocycles. The first-order valence-electron chi connectivity index (χ1n) is 3.02. The summed E-state index contributed by atoms with van der Waals surface area (Å²) in [6, 6.07) is 0. The Morgan fingerprint density at radius 1 is 1.33 bits per heavy atom. The minimum absolute atomic E-state index is 0.00111. The monoisotopic (exact) mass is 205 g/mol. The number of hydrogen-bond acceptors (Lipinski definition) is 1. The van der Waals surface area contributed by atoms with Gasteiger partial charge in [-0.2, -0.15) is 9.98 Å². The molecule has 0 saturated heterocycles. The van der Waals surface area contributed by atoms with Gasteiger partial charge in [0.15, 0.2) is 10.3 Å². The van der Waals surface area contributed by atoms with Crippen molar-refractivity contribution in [2.75, 3.05) is 14.1 Å². The van der Waals surface area contributed by atoms with Gasteiger partial charge in [0.25, 0.3) is 0 Å². The number of aliphatic imine (C=N–C) groups is 2. The highest BCUT2D eigenvalue weighted by atomic mass is 32.1. The van der Waals surface area contributed by atoms with E-state index in [4.69, 9.17) is 11.5 Å². The number of rotatable bonds is 0. The summed E-state index contributed by atoms with van der Waals surface area (Å²) in [7, 11) is 3.48. The SMILES string of the molecule is CN(C)/C(N)=N/C(N)=N/C(=S)S. The second kappa shape index (κ2) is 4.94. The Kier molecular flexibility index (Phi) is 4.60. The zero-order valence-corrected chi connectivity index (χ0v) is 8.56. The van der Waals surface area contributed by atoms with E-state index in [0.29, 0.717) is 0 Å². The van der Waals surface area contributed by atoms with Crippen molar-refractivity contribution >= 4 is 41.1 Å². The Labute approximate surface area is 81.9 Å². The topological polar surface area (TPSA) is 80.0 Å². The molecular formula is C5H11N5S2. The van der Waals surface area contributed by atoms with Gasteiger partial charge >= 0.3 is 0 Å². The standard InChI is InChI=1S/C5H11N5S2/c1-10(2)4(7)8-3(6)9-5(11)12/h1-2H3,(H5,6,7,8,9,11,12). The van der Waals surface area contributed by atoms with Gasteiger partial charge in [-0.15, -0.1) is 12.6 Å². The van der Waals surface area contributed by atoms with Crippen molar-refractivity contribution < 1.29 is 0 Å². The molecule has 0 aliphatic rings. The largest absolute Gasteiger partial charge is 0.369 e. The quantitative estimate of drug-likeness (QED) is 0.213. The molecule has 4 N–H and O–H groups in total. The van der Waals surface area contributed by atoms with Gasteiger partial charge in [0.2, 0.25) is 5.96 Å². The Morgan fingerprint density at radius 3 is 2.17 bits per heavy atom. The van der Waals surface area contributed by atoms with Crippen LogP contribution in [0.25, 0.3) is 0 Å². The van der Waals surface area contributed by atoms with E-state index >= 15 is 0 Å². The molecule has 0 radical (unpaired) electrons. The van der Waals surface area contributed by atoms with Crippen LogP contribution in [0, 0.1) is 0 Å². The molecule has 0 heterocycles. The minimum atomic E-state index is 0.00111. The van der Waals surface area contributed by atoms with E-state index in [1.807, 2.05) is 0 Å². The summed E-state index contributed by atoms with van der Waals surface area (Å²) in [5.41, 5.74) is 10.8. The lowest BCUT2D eigenvalue weighted by atomic mass is 10.8. The normalized spacial score (nSPS) is 12.9. The van der Waals surface area contributed by atoms with Crippen LogP contribution in [0.2, 0.25) is 0 Å². The van der Waals surface area contributed by atoms with Crippen molar-refractivity contribution in [2.24, 2.45) is 21.5 Å². The van der Waals surface area contributed by atoms with Gasteiger partial charge in [-0.1, -0.05) is 12.2 Å². The second-order valence-corrected chi connectivity index (χ2v) is 3.23. The van der Waals surface area contributed by atoms with Gasteiger partial charge in [0.05, 0.1) is 0 Å². The summed E-state index contributed by atoms with van der Waals surface area (Å²) in [5, 5.41) is 0. The number of thiol groups is 1. The first-order valence-corrected chi connectivity index (χ1v) is 3.87. The zero-order chi connectivity index (χ0) is 9.72. The van der Waals surface area contributed by atoms with E-state index < -0.39 is 0 Å². The fourth-order valence-corrected chi connectivity index (χ4v) is 0.536. The lowest BCUT2D eigenvalue weighted by Gasteiger charge is -2.09. The van der Waals surface area contributed by atoms with Crippen LogP contribution in [-0.4, -0.2) is 35.2 Å². The summed E-state index contributed by atoms with van der Waals surface area (Å²) < 4.78 is 0.128. The zero-order valence-electron chi connectivity index (χ0n) is 6.85. The summed E-state index contributed by atoms with van der Waals surface area (Å²) in [6.07, 6.45) is 0. The van der Waals surface area contributed by atoms with Gasteiger partial charge in [0.1, 0.15) is 0 Å². The van der Waals surface area contributed by atoms with Crippen molar-refractivity contribution in [1.82, 2.24) is 4.90 Å². The Morgan fingerprint density at radius 2 is 1.83 bits per heavy atom. The van der Waals surface area contributed by atoms with Crippen LogP contribution in [-0.2, 0) is 0 Å². The van der Waals surface area contributed by atoms with E-state index in [0.717, 1.165) is 0 Å². The molecule has 0 saturated carbocycles. The molecular weight excluding hydrogens is 194 g/mol. The average Bonchev–Trinajstić information content (AvgIpc) is 1.84. The molecule has 0 fully saturated rings. The van der Waals surface area contributed by atoms with Crippen LogP contribution in [0.5, 0.6) is 0 Å². The molecule has 68 valence electrons. The summed E-state index contributed by atoms with van der Waals surface area (Å²) in [4.78, 5) is 8.93. The highest BCUT2D eigenvalue weighted by Crippen LogP contribution is 1.86. The van der Waals surface area contributed by atoms with E-state index in [1.54, 1.807) is 19.0 Å². The first kappa shape index (κ1) is 11.2. The number of guanidine groups is 2. The van der Waals surface area contributed by atoms with Crippen molar-refractivity contribution in [3.05, 3.63) is 0 Å².